The van der Waals surface area contributed by atoms with Gasteiger partial charge >= 0.3 is 0 Å². The number of nitrogens with one attached hydrogen (secondary N) is 2. The van der Waals surface area contributed by atoms with Gasteiger partial charge in [0.2, 0.25) is 5.91 Å². The van der Waals surface area contributed by atoms with Crippen LogP contribution < -0.4 is 10.6 Å². The first-order valence-corrected chi connectivity index (χ1v) is 6.33. The highest BCUT2D eigenvalue weighted by Gasteiger charge is 2.04. The van der Waals surface area contributed by atoms with Gasteiger partial charge in [-0.05, 0) is 17.7 Å². The minimum Gasteiger partial charge on any atom is -0.375 e. The lowest BCUT2D eigenvalue weighted by atomic mass is 10.2. The van der Waals surface area contributed by atoms with E-state index in [0.29, 0.717) is 17.8 Å². The smallest absolute Gasteiger partial charge is 0.239 e. The Morgan fingerprint density at radius 3 is 2.50 bits per heavy atom. The Hall–Kier alpha value is -2.80. The van der Waals surface area contributed by atoms with Crippen molar-refractivity contribution in [1.82, 2.24) is 5.32 Å². The van der Waals surface area contributed by atoms with Crippen molar-refractivity contribution in [3.8, 4) is 6.07 Å². The topological polar surface area (TPSA) is 64.9 Å². The summed E-state index contributed by atoms with van der Waals surface area (Å²) in [7, 11) is 0. The predicted molar refractivity (Wildman–Crippen MR) is 77.9 cm³/mol. The van der Waals surface area contributed by atoms with Crippen LogP contribution in [0.4, 0.5) is 5.69 Å². The Balaban J connectivity index is 1.82. The number of carbonyl (C=O) groups is 1. The number of para-hydroxylation sites is 1. The van der Waals surface area contributed by atoms with Crippen molar-refractivity contribution < 1.29 is 4.79 Å². The highest BCUT2D eigenvalue weighted by atomic mass is 16.1. The lowest BCUT2D eigenvalue weighted by Gasteiger charge is -2.08. The number of carbonyl (C=O) groups excluding carboxylic acids is 1. The summed E-state index contributed by atoms with van der Waals surface area (Å²) in [6.07, 6.45) is 0. The van der Waals surface area contributed by atoms with Gasteiger partial charge in [-0.2, -0.15) is 5.26 Å². The minimum absolute atomic E-state index is 0.110. The summed E-state index contributed by atoms with van der Waals surface area (Å²) >= 11 is 0. The molecule has 0 saturated heterocycles. The number of nitriles is 1. The molecule has 4 heteroatoms. The van der Waals surface area contributed by atoms with E-state index in [-0.39, 0.29) is 12.5 Å². The number of hydrogen-bond donors (Lipinski definition) is 2. The van der Waals surface area contributed by atoms with Crippen molar-refractivity contribution in [2.75, 3.05) is 11.9 Å². The minimum atomic E-state index is -0.110. The largest absolute Gasteiger partial charge is 0.375 e. The normalized spacial score (nSPS) is 9.55. The van der Waals surface area contributed by atoms with E-state index >= 15 is 0 Å². The summed E-state index contributed by atoms with van der Waals surface area (Å²) in [4.78, 5) is 11.7. The van der Waals surface area contributed by atoms with Crippen LogP contribution in [0.15, 0.2) is 54.6 Å². The number of nitrogens with zero attached hydrogens (tertiary/aromatic N) is 1. The summed E-state index contributed by atoms with van der Waals surface area (Å²) in [6, 6.07) is 18.9. The van der Waals surface area contributed by atoms with E-state index in [2.05, 4.69) is 16.7 Å². The van der Waals surface area contributed by atoms with Gasteiger partial charge in [-0.3, -0.25) is 4.79 Å². The van der Waals surface area contributed by atoms with Crippen LogP contribution in [-0.4, -0.2) is 12.5 Å². The molecule has 2 rings (SSSR count). The molecule has 4 nitrogen and oxygen atoms in total. The molecule has 100 valence electrons. The van der Waals surface area contributed by atoms with Crippen molar-refractivity contribution in [2.24, 2.45) is 0 Å². The zero-order valence-electron chi connectivity index (χ0n) is 11.0. The molecule has 0 fully saturated rings. The van der Waals surface area contributed by atoms with Gasteiger partial charge in [0.1, 0.15) is 6.07 Å². The highest BCUT2D eigenvalue weighted by molar-refractivity contribution is 5.81. The molecule has 0 aliphatic carbocycles. The van der Waals surface area contributed by atoms with Gasteiger partial charge in [0.05, 0.1) is 17.8 Å². The average molecular weight is 265 g/mol. The number of rotatable bonds is 5. The Bertz CT molecular complexity index is 617. The van der Waals surface area contributed by atoms with Crippen molar-refractivity contribution >= 4 is 11.6 Å². The van der Waals surface area contributed by atoms with E-state index in [0.717, 1.165) is 5.56 Å². The van der Waals surface area contributed by atoms with Gasteiger partial charge in [-0.25, -0.2) is 0 Å². The van der Waals surface area contributed by atoms with Crippen molar-refractivity contribution in [3.05, 3.63) is 65.7 Å². The molecule has 2 N–H and O–H groups in total. The van der Waals surface area contributed by atoms with E-state index in [9.17, 15) is 4.79 Å². The van der Waals surface area contributed by atoms with E-state index in [4.69, 9.17) is 5.26 Å². The molecule has 0 spiro atoms. The zero-order chi connectivity index (χ0) is 14.2. The fourth-order valence-corrected chi connectivity index (χ4v) is 1.77. The monoisotopic (exact) mass is 265 g/mol. The van der Waals surface area contributed by atoms with Gasteiger partial charge in [0, 0.05) is 6.54 Å². The fourth-order valence-electron chi connectivity index (χ4n) is 1.77. The lowest BCUT2D eigenvalue weighted by Crippen LogP contribution is -2.29. The van der Waals surface area contributed by atoms with Crippen LogP contribution in [0.1, 0.15) is 11.1 Å². The third-order valence-corrected chi connectivity index (χ3v) is 2.82. The first-order chi connectivity index (χ1) is 9.79. The van der Waals surface area contributed by atoms with E-state index in [1.54, 1.807) is 18.2 Å². The second kappa shape index (κ2) is 6.95. The molecule has 0 radical (unpaired) electrons. The second-order valence-electron chi connectivity index (χ2n) is 4.27. The second-order valence-corrected chi connectivity index (χ2v) is 4.27. The molecule has 0 atom stereocenters. The molecule has 2 aromatic rings. The van der Waals surface area contributed by atoms with Crippen LogP contribution in [0.3, 0.4) is 0 Å². The Morgan fingerprint density at radius 2 is 1.75 bits per heavy atom. The Labute approximate surface area is 118 Å². The van der Waals surface area contributed by atoms with E-state index in [1.165, 1.54) is 0 Å². The molecule has 20 heavy (non-hydrogen) atoms. The van der Waals surface area contributed by atoms with Crippen LogP contribution in [0.25, 0.3) is 0 Å². The van der Waals surface area contributed by atoms with Crippen molar-refractivity contribution in [3.63, 3.8) is 0 Å². The van der Waals surface area contributed by atoms with Crippen LogP contribution in [-0.2, 0) is 11.3 Å². The SMILES string of the molecule is N#Cc1ccccc1NCC(=O)NCc1ccccc1. The van der Waals surface area contributed by atoms with Gasteiger partial charge in [0.25, 0.3) is 0 Å². The van der Waals surface area contributed by atoms with Crippen LogP contribution >= 0.6 is 0 Å². The molecule has 1 amide bonds. The third kappa shape index (κ3) is 3.85. The number of amides is 1. The predicted octanol–water partition coefficient (Wildman–Crippen LogP) is 2.29. The molecule has 0 saturated carbocycles. The van der Waals surface area contributed by atoms with Crippen LogP contribution in [0, 0.1) is 11.3 Å². The highest BCUT2D eigenvalue weighted by Crippen LogP contribution is 2.12. The maximum absolute atomic E-state index is 11.7. The van der Waals surface area contributed by atoms with Gasteiger partial charge in [-0.15, -0.1) is 0 Å². The van der Waals surface area contributed by atoms with Crippen LogP contribution in [0.5, 0.6) is 0 Å². The van der Waals surface area contributed by atoms with Gasteiger partial charge in [0.15, 0.2) is 0 Å². The molecule has 0 aliphatic rings. The maximum atomic E-state index is 11.7. The summed E-state index contributed by atoms with van der Waals surface area (Å²) in [5, 5.41) is 14.7. The molecule has 0 heterocycles. The summed E-state index contributed by atoms with van der Waals surface area (Å²) in [5.41, 5.74) is 2.26. The molecular formula is C16H15N3O. The number of benzene rings is 2. The quantitative estimate of drug-likeness (QED) is 0.871. The molecule has 0 unspecified atom stereocenters. The fraction of sp³-hybridized carbons (Fsp3) is 0.125. The zero-order valence-corrected chi connectivity index (χ0v) is 11.0. The molecule has 2 aromatic carbocycles. The first-order valence-electron chi connectivity index (χ1n) is 6.33. The summed E-state index contributed by atoms with van der Waals surface area (Å²) in [5.74, 6) is -0.110. The van der Waals surface area contributed by atoms with Crippen molar-refractivity contribution in [1.29, 1.82) is 5.26 Å². The Kier molecular flexibility index (Phi) is 4.74. The molecule has 0 aromatic heterocycles. The summed E-state index contributed by atoms with van der Waals surface area (Å²) in [6.45, 7) is 0.646. The average Bonchev–Trinajstić information content (AvgIpc) is 2.52. The standard InChI is InChI=1S/C16H15N3O/c17-10-14-8-4-5-9-15(14)18-12-16(20)19-11-13-6-2-1-3-7-13/h1-9,18H,11-12H2,(H,19,20). The van der Waals surface area contributed by atoms with E-state index < -0.39 is 0 Å². The van der Waals surface area contributed by atoms with Crippen LogP contribution in [0.2, 0.25) is 0 Å². The molecule has 0 bridgehead atoms. The van der Waals surface area contributed by atoms with Gasteiger partial charge < -0.3 is 10.6 Å². The first kappa shape index (κ1) is 13.6. The maximum Gasteiger partial charge on any atom is 0.239 e. The van der Waals surface area contributed by atoms with E-state index in [1.807, 2.05) is 36.4 Å². The summed E-state index contributed by atoms with van der Waals surface area (Å²) < 4.78 is 0. The third-order valence-electron chi connectivity index (χ3n) is 2.82. The Morgan fingerprint density at radius 1 is 1.05 bits per heavy atom. The molecular weight excluding hydrogens is 250 g/mol. The number of hydrogen-bond acceptors (Lipinski definition) is 3. The molecule has 0 aliphatic heterocycles. The van der Waals surface area contributed by atoms with Gasteiger partial charge in [-0.1, -0.05) is 42.5 Å². The lowest BCUT2D eigenvalue weighted by molar-refractivity contribution is -0.119. The van der Waals surface area contributed by atoms with Crippen molar-refractivity contribution in [2.45, 2.75) is 6.54 Å². The number of anilines is 1.